The first-order valence-electron chi connectivity index (χ1n) is 8.39. The first-order chi connectivity index (χ1) is 13.6. The second-order valence-electron chi connectivity index (χ2n) is 5.57. The summed E-state index contributed by atoms with van der Waals surface area (Å²) in [6, 6.07) is 6.64. The van der Waals surface area contributed by atoms with Crippen molar-refractivity contribution in [2.45, 2.75) is 13.3 Å². The van der Waals surface area contributed by atoms with Crippen molar-refractivity contribution in [1.29, 1.82) is 0 Å². The van der Waals surface area contributed by atoms with Gasteiger partial charge in [-0.05, 0) is 24.3 Å². The smallest absolute Gasteiger partial charge is 0.238 e. The lowest BCUT2D eigenvalue weighted by Crippen LogP contribution is -2.21. The summed E-state index contributed by atoms with van der Waals surface area (Å²) in [6.07, 6.45) is 3.36. The fraction of sp³-hybridized carbons (Fsp3) is 0.176. The predicted molar refractivity (Wildman–Crippen MR) is 101 cm³/mol. The maximum atomic E-state index is 11.4. The van der Waals surface area contributed by atoms with Crippen molar-refractivity contribution in [3.63, 3.8) is 0 Å². The minimum absolute atomic E-state index is 0.0976. The number of nitrogens with one attached hydrogen (secondary N) is 2. The molecule has 3 aromatic heterocycles. The summed E-state index contributed by atoms with van der Waals surface area (Å²) in [6.45, 7) is 1.66. The Bertz CT molecular complexity index is 877. The molecule has 11 nitrogen and oxygen atoms in total. The van der Waals surface area contributed by atoms with Crippen LogP contribution in [0.3, 0.4) is 0 Å². The number of anilines is 2. The van der Waals surface area contributed by atoms with Crippen LogP contribution in [0.25, 0.3) is 23.0 Å². The number of nitrogens with two attached hydrogens (primary N) is 1. The van der Waals surface area contributed by atoms with Crippen LogP contribution in [-0.4, -0.2) is 48.7 Å². The number of carbonyl (C=O) groups is 2. The molecule has 3 aromatic rings. The van der Waals surface area contributed by atoms with Gasteiger partial charge in [-0.2, -0.15) is 0 Å². The van der Waals surface area contributed by atoms with Crippen molar-refractivity contribution in [1.82, 2.24) is 30.4 Å². The van der Waals surface area contributed by atoms with Crippen LogP contribution in [0.5, 0.6) is 0 Å². The maximum Gasteiger partial charge on any atom is 0.238 e. The molecule has 2 amide bonds. The van der Waals surface area contributed by atoms with E-state index in [2.05, 4.69) is 41.0 Å². The monoisotopic (exact) mass is 379 g/mol. The van der Waals surface area contributed by atoms with Gasteiger partial charge in [0.1, 0.15) is 11.4 Å². The number of hydrogen-bond acceptors (Lipinski definition) is 9. The van der Waals surface area contributed by atoms with Crippen LogP contribution in [0.1, 0.15) is 13.3 Å². The van der Waals surface area contributed by atoms with Crippen LogP contribution in [0, 0.1) is 0 Å². The van der Waals surface area contributed by atoms with E-state index in [-0.39, 0.29) is 30.0 Å². The zero-order valence-corrected chi connectivity index (χ0v) is 15.0. The van der Waals surface area contributed by atoms with Gasteiger partial charge in [-0.15, -0.1) is 20.4 Å². The summed E-state index contributed by atoms with van der Waals surface area (Å²) in [4.78, 5) is 31.0. The highest BCUT2D eigenvalue weighted by molar-refractivity contribution is 5.92. The Morgan fingerprint density at radius 3 is 1.64 bits per heavy atom. The van der Waals surface area contributed by atoms with Gasteiger partial charge in [0.2, 0.25) is 23.5 Å². The van der Waals surface area contributed by atoms with Crippen molar-refractivity contribution in [3.8, 4) is 23.0 Å². The van der Waals surface area contributed by atoms with Gasteiger partial charge in [-0.1, -0.05) is 6.92 Å². The van der Waals surface area contributed by atoms with Gasteiger partial charge in [0, 0.05) is 6.42 Å². The summed E-state index contributed by atoms with van der Waals surface area (Å²) < 4.78 is 0. The van der Waals surface area contributed by atoms with E-state index in [1.54, 1.807) is 31.2 Å². The first-order valence-corrected chi connectivity index (χ1v) is 8.39. The number of amides is 2. The predicted octanol–water partition coefficient (Wildman–Crippen LogP) is 0.636. The van der Waals surface area contributed by atoms with Crippen molar-refractivity contribution >= 4 is 23.2 Å². The molecule has 142 valence electrons. The molecule has 0 aromatic carbocycles. The Morgan fingerprint density at radius 2 is 1.29 bits per heavy atom. The first kappa shape index (κ1) is 18.9. The van der Waals surface area contributed by atoms with Gasteiger partial charge in [0.05, 0.1) is 30.3 Å². The van der Waals surface area contributed by atoms with E-state index in [0.717, 1.165) is 0 Å². The van der Waals surface area contributed by atoms with Crippen LogP contribution in [-0.2, 0) is 9.59 Å². The van der Waals surface area contributed by atoms with Crippen LogP contribution < -0.4 is 16.4 Å². The Balaban J connectivity index is 1.71. The molecule has 0 radical (unpaired) electrons. The summed E-state index contributed by atoms with van der Waals surface area (Å²) in [7, 11) is 0. The molecule has 0 aliphatic rings. The van der Waals surface area contributed by atoms with Gasteiger partial charge in [0.25, 0.3) is 0 Å². The Kier molecular flexibility index (Phi) is 5.87. The normalized spacial score (nSPS) is 10.4. The number of pyridine rings is 2. The van der Waals surface area contributed by atoms with E-state index in [9.17, 15) is 9.59 Å². The third-order valence-corrected chi connectivity index (χ3v) is 3.54. The molecule has 0 aliphatic heterocycles. The molecule has 0 spiro atoms. The zero-order valence-electron chi connectivity index (χ0n) is 15.0. The summed E-state index contributed by atoms with van der Waals surface area (Å²) in [5.41, 5.74) is 7.25. The number of nitrogens with zero attached hydrogens (tertiary/aromatic N) is 6. The molecule has 0 fully saturated rings. The quantitative estimate of drug-likeness (QED) is 0.558. The lowest BCUT2D eigenvalue weighted by atomic mass is 10.3. The van der Waals surface area contributed by atoms with Crippen molar-refractivity contribution in [3.05, 3.63) is 36.7 Å². The number of carbonyl (C=O) groups excluding carboxylic acids is 2. The van der Waals surface area contributed by atoms with Gasteiger partial charge in [-0.25, -0.2) is 0 Å². The number of aromatic nitrogens is 6. The lowest BCUT2D eigenvalue weighted by Gasteiger charge is -2.05. The fourth-order valence-electron chi connectivity index (χ4n) is 2.10. The van der Waals surface area contributed by atoms with E-state index < -0.39 is 0 Å². The molecule has 0 bridgehead atoms. The molecule has 0 saturated heterocycles. The van der Waals surface area contributed by atoms with E-state index in [0.29, 0.717) is 29.2 Å². The number of hydrogen-bond donors (Lipinski definition) is 3. The highest BCUT2D eigenvalue weighted by atomic mass is 16.2. The minimum Gasteiger partial charge on any atom is -0.325 e. The molecule has 28 heavy (non-hydrogen) atoms. The van der Waals surface area contributed by atoms with Crippen molar-refractivity contribution < 1.29 is 9.59 Å². The van der Waals surface area contributed by atoms with E-state index >= 15 is 0 Å². The second-order valence-corrected chi connectivity index (χ2v) is 5.57. The Labute approximate surface area is 159 Å². The maximum absolute atomic E-state index is 11.4. The molecule has 3 rings (SSSR count). The van der Waals surface area contributed by atoms with Crippen LogP contribution in [0.4, 0.5) is 11.4 Å². The molecule has 3 heterocycles. The Morgan fingerprint density at radius 1 is 0.821 bits per heavy atom. The third kappa shape index (κ3) is 4.65. The van der Waals surface area contributed by atoms with Crippen LogP contribution in [0.2, 0.25) is 0 Å². The van der Waals surface area contributed by atoms with Gasteiger partial charge < -0.3 is 16.4 Å². The summed E-state index contributed by atoms with van der Waals surface area (Å²) in [5.74, 6) is 0.0575. The van der Waals surface area contributed by atoms with Crippen LogP contribution >= 0.6 is 0 Å². The highest BCUT2D eigenvalue weighted by Gasteiger charge is 2.10. The van der Waals surface area contributed by atoms with E-state index in [1.807, 2.05) is 0 Å². The van der Waals surface area contributed by atoms with Crippen LogP contribution in [0.15, 0.2) is 36.7 Å². The zero-order chi connectivity index (χ0) is 19.9. The molecular formula is C17H17N9O2. The Hall–Kier alpha value is -3.86. The molecule has 11 heteroatoms. The summed E-state index contributed by atoms with van der Waals surface area (Å²) >= 11 is 0. The SMILES string of the molecule is CCC(=O)Nc1ccc(-c2nnc(-c3ccc(NC(=O)CN)cn3)nn2)nc1. The summed E-state index contributed by atoms with van der Waals surface area (Å²) in [5, 5.41) is 21.4. The largest absolute Gasteiger partial charge is 0.325 e. The van der Waals surface area contributed by atoms with Gasteiger partial charge in [0.15, 0.2) is 0 Å². The number of rotatable bonds is 6. The van der Waals surface area contributed by atoms with Gasteiger partial charge in [-0.3, -0.25) is 19.6 Å². The minimum atomic E-state index is -0.314. The van der Waals surface area contributed by atoms with E-state index in [4.69, 9.17) is 5.73 Å². The molecule has 0 aliphatic carbocycles. The fourth-order valence-corrected chi connectivity index (χ4v) is 2.10. The lowest BCUT2D eigenvalue weighted by molar-refractivity contribution is -0.116. The van der Waals surface area contributed by atoms with E-state index in [1.165, 1.54) is 12.4 Å². The molecule has 0 unspecified atom stereocenters. The molecular weight excluding hydrogens is 362 g/mol. The molecule has 0 atom stereocenters. The second kappa shape index (κ2) is 8.68. The molecule has 0 saturated carbocycles. The highest BCUT2D eigenvalue weighted by Crippen LogP contribution is 2.16. The third-order valence-electron chi connectivity index (χ3n) is 3.54. The standard InChI is InChI=1S/C17H17N9O2/c1-2-14(27)21-10-3-5-12(19-8-10)16-23-25-17(26-24-16)13-6-4-11(9-20-13)22-15(28)7-18/h3-6,8-9H,2,7,18H2,1H3,(H,21,27)(H,22,28). The van der Waals surface area contributed by atoms with Crippen molar-refractivity contribution in [2.75, 3.05) is 17.2 Å². The topological polar surface area (TPSA) is 162 Å². The van der Waals surface area contributed by atoms with Gasteiger partial charge >= 0.3 is 0 Å². The van der Waals surface area contributed by atoms with Crippen molar-refractivity contribution in [2.24, 2.45) is 5.73 Å². The molecule has 4 N–H and O–H groups in total. The average molecular weight is 379 g/mol. The average Bonchev–Trinajstić information content (AvgIpc) is 2.75.